The smallest absolute Gasteiger partial charge is 0.278 e. The summed E-state index contributed by atoms with van der Waals surface area (Å²) < 4.78 is 5.45. The van der Waals surface area contributed by atoms with Crippen LogP contribution < -0.4 is 4.74 Å². The van der Waals surface area contributed by atoms with Crippen LogP contribution in [0.2, 0.25) is 0 Å². The number of ether oxygens (including phenoxy) is 1. The first-order chi connectivity index (χ1) is 13.0. The lowest BCUT2D eigenvalue weighted by atomic mass is 10.0. The van der Waals surface area contributed by atoms with Gasteiger partial charge in [-0.3, -0.25) is 19.4 Å². The minimum atomic E-state index is -0.271. The van der Waals surface area contributed by atoms with Crippen molar-refractivity contribution in [3.63, 3.8) is 0 Å². The Bertz CT molecular complexity index is 751. The van der Waals surface area contributed by atoms with Crippen molar-refractivity contribution in [2.45, 2.75) is 19.9 Å². The number of hydrogen-bond donors (Lipinski definition) is 1. The SMILES string of the molecule is COc1ccccc1C1=C(N2CCN(CCO)CC2)C(=O)N(C(C)C)C1=O. The standard InChI is InChI=1S/C20H27N3O4/c1-14(2)23-19(25)17(15-6-4-5-7-16(15)27-3)18(20(23)26)22-10-8-21(9-11-22)12-13-24/h4-7,14,24H,8-13H2,1-3H3. The number of methoxy groups -OCH3 is 1. The molecule has 0 spiro atoms. The van der Waals surface area contributed by atoms with E-state index in [1.807, 2.05) is 36.9 Å². The summed E-state index contributed by atoms with van der Waals surface area (Å²) in [5.74, 6) is 0.0643. The van der Waals surface area contributed by atoms with Gasteiger partial charge in [0.05, 0.1) is 19.3 Å². The Kier molecular flexibility index (Phi) is 5.82. The van der Waals surface area contributed by atoms with Gasteiger partial charge in [0.1, 0.15) is 11.4 Å². The molecule has 0 aromatic heterocycles. The number of β-amino-alcohol motifs (C(OH)–C–C–N with tert-alkyl or cyclic N) is 1. The van der Waals surface area contributed by atoms with Gasteiger partial charge in [0.15, 0.2) is 0 Å². The van der Waals surface area contributed by atoms with E-state index in [0.717, 1.165) is 13.1 Å². The normalized spacial score (nSPS) is 18.9. The lowest BCUT2D eigenvalue weighted by Crippen LogP contribution is -2.48. The highest BCUT2D eigenvalue weighted by atomic mass is 16.5. The molecule has 7 nitrogen and oxygen atoms in total. The number of rotatable bonds is 6. The zero-order valence-corrected chi connectivity index (χ0v) is 16.1. The van der Waals surface area contributed by atoms with Gasteiger partial charge >= 0.3 is 0 Å². The molecule has 1 fully saturated rings. The molecule has 1 aromatic rings. The second kappa shape index (κ2) is 8.10. The number of piperazine rings is 1. The molecule has 0 aliphatic carbocycles. The zero-order valence-electron chi connectivity index (χ0n) is 16.1. The molecular weight excluding hydrogens is 346 g/mol. The Morgan fingerprint density at radius 2 is 1.74 bits per heavy atom. The third-order valence-electron chi connectivity index (χ3n) is 5.09. The van der Waals surface area contributed by atoms with Crippen LogP contribution in [-0.2, 0) is 9.59 Å². The number of hydrogen-bond acceptors (Lipinski definition) is 6. The molecule has 27 heavy (non-hydrogen) atoms. The lowest BCUT2D eigenvalue weighted by molar-refractivity contribution is -0.139. The van der Waals surface area contributed by atoms with Gasteiger partial charge < -0.3 is 14.7 Å². The molecule has 0 atom stereocenters. The summed E-state index contributed by atoms with van der Waals surface area (Å²) in [6, 6.07) is 7.10. The van der Waals surface area contributed by atoms with Crippen LogP contribution in [0.3, 0.4) is 0 Å². The Labute approximate surface area is 159 Å². The first-order valence-corrected chi connectivity index (χ1v) is 9.33. The van der Waals surface area contributed by atoms with Gasteiger partial charge in [-0.1, -0.05) is 18.2 Å². The molecule has 0 bridgehead atoms. The number of carbonyl (C=O) groups is 2. The number of benzene rings is 1. The van der Waals surface area contributed by atoms with E-state index in [4.69, 9.17) is 9.84 Å². The van der Waals surface area contributed by atoms with Gasteiger partial charge in [-0.2, -0.15) is 0 Å². The van der Waals surface area contributed by atoms with E-state index in [-0.39, 0.29) is 24.5 Å². The summed E-state index contributed by atoms with van der Waals surface area (Å²) in [5.41, 5.74) is 1.53. The Morgan fingerprint density at radius 1 is 1.07 bits per heavy atom. The first-order valence-electron chi connectivity index (χ1n) is 9.33. The van der Waals surface area contributed by atoms with Crippen LogP contribution in [0.5, 0.6) is 5.75 Å². The number of imide groups is 1. The van der Waals surface area contributed by atoms with Gasteiger partial charge in [-0.05, 0) is 19.9 Å². The third kappa shape index (κ3) is 3.57. The average Bonchev–Trinajstić information content (AvgIpc) is 2.93. The molecule has 2 aliphatic heterocycles. The maximum atomic E-state index is 13.2. The molecule has 0 unspecified atom stereocenters. The third-order valence-corrected chi connectivity index (χ3v) is 5.09. The van der Waals surface area contributed by atoms with Crippen LogP contribution in [0.25, 0.3) is 5.57 Å². The van der Waals surface area contributed by atoms with Crippen LogP contribution in [0, 0.1) is 0 Å². The highest BCUT2D eigenvalue weighted by molar-refractivity contribution is 6.36. The fourth-order valence-corrected chi connectivity index (χ4v) is 3.73. The van der Waals surface area contributed by atoms with Gasteiger partial charge in [-0.25, -0.2) is 0 Å². The van der Waals surface area contributed by atoms with Crippen LogP contribution in [0.4, 0.5) is 0 Å². The highest BCUT2D eigenvalue weighted by Crippen LogP contribution is 2.37. The van der Waals surface area contributed by atoms with E-state index in [1.54, 1.807) is 13.2 Å². The molecule has 2 amide bonds. The van der Waals surface area contributed by atoms with Gasteiger partial charge in [0.25, 0.3) is 11.8 Å². The summed E-state index contributed by atoms with van der Waals surface area (Å²) in [5, 5.41) is 9.13. The molecule has 1 aromatic carbocycles. The number of para-hydroxylation sites is 1. The topological polar surface area (TPSA) is 73.3 Å². The first kappa shape index (κ1) is 19.4. The molecule has 7 heteroatoms. The van der Waals surface area contributed by atoms with Crippen molar-refractivity contribution in [2.75, 3.05) is 46.4 Å². The van der Waals surface area contributed by atoms with E-state index >= 15 is 0 Å². The van der Waals surface area contributed by atoms with Gasteiger partial charge in [0, 0.05) is 44.3 Å². The summed E-state index contributed by atoms with van der Waals surface area (Å²) in [7, 11) is 1.56. The number of aliphatic hydroxyl groups is 1. The number of amides is 2. The number of aliphatic hydroxyl groups excluding tert-OH is 1. The summed E-state index contributed by atoms with van der Waals surface area (Å²) >= 11 is 0. The molecule has 2 heterocycles. The summed E-state index contributed by atoms with van der Waals surface area (Å²) in [4.78, 5) is 31.8. The van der Waals surface area contributed by atoms with E-state index in [9.17, 15) is 9.59 Å². The largest absolute Gasteiger partial charge is 0.496 e. The highest BCUT2D eigenvalue weighted by Gasteiger charge is 2.43. The fraction of sp³-hybridized carbons (Fsp3) is 0.500. The number of nitrogens with zero attached hydrogens (tertiary/aromatic N) is 3. The van der Waals surface area contributed by atoms with E-state index in [2.05, 4.69) is 4.90 Å². The molecule has 0 radical (unpaired) electrons. The van der Waals surface area contributed by atoms with Crippen LogP contribution >= 0.6 is 0 Å². The van der Waals surface area contributed by atoms with Gasteiger partial charge in [-0.15, -0.1) is 0 Å². The predicted octanol–water partition coefficient (Wildman–Crippen LogP) is 0.793. The molecule has 146 valence electrons. The quantitative estimate of drug-likeness (QED) is 0.744. The predicted molar refractivity (Wildman–Crippen MR) is 102 cm³/mol. The van der Waals surface area contributed by atoms with Crippen molar-refractivity contribution < 1.29 is 19.4 Å². The van der Waals surface area contributed by atoms with Crippen molar-refractivity contribution >= 4 is 17.4 Å². The van der Waals surface area contributed by atoms with Crippen LogP contribution in [0.1, 0.15) is 19.4 Å². The van der Waals surface area contributed by atoms with Crippen LogP contribution in [0.15, 0.2) is 30.0 Å². The van der Waals surface area contributed by atoms with E-state index < -0.39 is 0 Å². The van der Waals surface area contributed by atoms with Crippen molar-refractivity contribution in [2.24, 2.45) is 0 Å². The zero-order chi connectivity index (χ0) is 19.6. The average molecular weight is 373 g/mol. The second-order valence-corrected chi connectivity index (χ2v) is 7.05. The second-order valence-electron chi connectivity index (χ2n) is 7.05. The monoisotopic (exact) mass is 373 g/mol. The summed E-state index contributed by atoms with van der Waals surface area (Å²) in [6.07, 6.45) is 0. The Balaban J connectivity index is 2.03. The Hall–Kier alpha value is -2.38. The Morgan fingerprint density at radius 3 is 2.33 bits per heavy atom. The molecule has 1 N–H and O–H groups in total. The van der Waals surface area contributed by atoms with Gasteiger partial charge in [0.2, 0.25) is 0 Å². The molecule has 0 saturated carbocycles. The molecule has 3 rings (SSSR count). The van der Waals surface area contributed by atoms with Crippen molar-refractivity contribution in [3.05, 3.63) is 35.5 Å². The number of carbonyl (C=O) groups excluding carboxylic acids is 2. The minimum Gasteiger partial charge on any atom is -0.496 e. The summed E-state index contributed by atoms with van der Waals surface area (Å²) in [6.45, 7) is 7.19. The molecular formula is C20H27N3O4. The maximum absolute atomic E-state index is 13.2. The molecule has 1 saturated heterocycles. The molecule has 2 aliphatic rings. The van der Waals surface area contributed by atoms with Crippen LogP contribution in [-0.4, -0.2) is 84.1 Å². The lowest BCUT2D eigenvalue weighted by Gasteiger charge is -2.36. The fourth-order valence-electron chi connectivity index (χ4n) is 3.73. The van der Waals surface area contributed by atoms with Crippen molar-refractivity contribution in [3.8, 4) is 5.75 Å². The van der Waals surface area contributed by atoms with Crippen molar-refractivity contribution in [1.29, 1.82) is 0 Å². The maximum Gasteiger partial charge on any atom is 0.278 e. The van der Waals surface area contributed by atoms with E-state index in [1.165, 1.54) is 4.90 Å². The minimum absolute atomic E-state index is 0.119. The van der Waals surface area contributed by atoms with Crippen molar-refractivity contribution in [1.82, 2.24) is 14.7 Å². The van der Waals surface area contributed by atoms with E-state index in [0.29, 0.717) is 42.2 Å².